The van der Waals surface area contributed by atoms with Crippen LogP contribution in [0.1, 0.15) is 0 Å². The Morgan fingerprint density at radius 2 is 2.44 bits per heavy atom. The van der Waals surface area contributed by atoms with Crippen LogP contribution in [-0.4, -0.2) is 4.98 Å². The van der Waals surface area contributed by atoms with Crippen molar-refractivity contribution in [3.05, 3.63) is 23.5 Å². The topological polar surface area (TPSA) is 15.8 Å². The van der Waals surface area contributed by atoms with Gasteiger partial charge in [-0.2, -0.15) is 0 Å². The minimum atomic E-state index is -0.153. The summed E-state index contributed by atoms with van der Waals surface area (Å²) in [5, 5.41) is 1.50. The average molecular weight is 141 g/mol. The van der Waals surface area contributed by atoms with Crippen LogP contribution in [0.3, 0.4) is 0 Å². The van der Waals surface area contributed by atoms with Crippen molar-refractivity contribution in [2.24, 2.45) is 0 Å². The summed E-state index contributed by atoms with van der Waals surface area (Å²) in [5.41, 5.74) is 0.625. The lowest BCUT2D eigenvalue weighted by atomic mass is 10.5. The summed E-state index contributed by atoms with van der Waals surface area (Å²) in [6, 6.07) is 1.86. The monoisotopic (exact) mass is 141 g/mol. The smallest absolute Gasteiger partial charge is 0.157 e. The molecule has 0 radical (unpaired) electrons. The zero-order valence-electron chi connectivity index (χ0n) is 4.52. The molecule has 1 nitrogen and oxygen atoms in total. The van der Waals surface area contributed by atoms with E-state index in [4.69, 9.17) is 0 Å². The maximum Gasteiger partial charge on any atom is 0.157 e. The van der Waals surface area contributed by atoms with Crippen molar-refractivity contribution < 1.29 is 4.39 Å². The molecule has 0 unspecified atom stereocenters. The molecule has 2 aromatic heterocycles. The van der Waals surface area contributed by atoms with Crippen LogP contribution in [0.15, 0.2) is 17.6 Å². The van der Waals surface area contributed by atoms with Crippen molar-refractivity contribution in [1.29, 1.82) is 0 Å². The number of thiophene rings is 1. The van der Waals surface area contributed by atoms with E-state index in [0.29, 0.717) is 5.52 Å². The highest BCUT2D eigenvalue weighted by Gasteiger charge is 2.01. The summed E-state index contributed by atoms with van der Waals surface area (Å²) in [6.07, 6.45) is 1.74. The van der Waals surface area contributed by atoms with Crippen molar-refractivity contribution in [2.75, 3.05) is 0 Å². The fraction of sp³-hybridized carbons (Fsp3) is 0. The van der Waals surface area contributed by atoms with E-state index in [1.165, 1.54) is 16.7 Å². The van der Waals surface area contributed by atoms with Gasteiger partial charge in [-0.1, -0.05) is 0 Å². The number of aromatic nitrogens is 1. The molecule has 0 aliphatic rings. The molecule has 0 aliphatic carbocycles. The van der Waals surface area contributed by atoms with Crippen LogP contribution < -0.4 is 0 Å². The second-order valence-electron chi connectivity index (χ2n) is 1.80. The number of nitrogens with one attached hydrogen (secondary N) is 1. The molecule has 2 heterocycles. The Labute approximate surface area is 55.1 Å². The zero-order valence-corrected chi connectivity index (χ0v) is 5.33. The van der Waals surface area contributed by atoms with Gasteiger partial charge in [0.1, 0.15) is 0 Å². The summed E-state index contributed by atoms with van der Waals surface area (Å²) in [6.45, 7) is 0. The molecule has 2 aromatic rings. The zero-order chi connectivity index (χ0) is 6.27. The highest BCUT2D eigenvalue weighted by molar-refractivity contribution is 7.17. The van der Waals surface area contributed by atoms with Gasteiger partial charge in [-0.25, -0.2) is 4.39 Å². The van der Waals surface area contributed by atoms with Crippen molar-refractivity contribution >= 4 is 21.6 Å². The van der Waals surface area contributed by atoms with Gasteiger partial charge in [0, 0.05) is 11.6 Å². The van der Waals surface area contributed by atoms with Crippen LogP contribution in [0.25, 0.3) is 10.2 Å². The van der Waals surface area contributed by atoms with E-state index >= 15 is 0 Å². The molecule has 0 fully saturated rings. The second-order valence-corrected chi connectivity index (χ2v) is 2.71. The highest BCUT2D eigenvalue weighted by Crippen LogP contribution is 2.22. The second kappa shape index (κ2) is 1.57. The predicted octanol–water partition coefficient (Wildman–Crippen LogP) is 2.37. The van der Waals surface area contributed by atoms with Crippen LogP contribution in [0.4, 0.5) is 4.39 Å². The molecule has 0 bridgehead atoms. The minimum Gasteiger partial charge on any atom is -0.358 e. The molecule has 0 amide bonds. The van der Waals surface area contributed by atoms with E-state index < -0.39 is 0 Å². The molecule has 0 spiro atoms. The van der Waals surface area contributed by atoms with E-state index in [2.05, 4.69) is 4.98 Å². The van der Waals surface area contributed by atoms with E-state index in [1.54, 1.807) is 6.20 Å². The van der Waals surface area contributed by atoms with Gasteiger partial charge in [0.25, 0.3) is 0 Å². The molecule has 1 N–H and O–H groups in total. The van der Waals surface area contributed by atoms with Crippen LogP contribution in [0.2, 0.25) is 0 Å². The number of rotatable bonds is 0. The first-order valence-electron chi connectivity index (χ1n) is 2.58. The molecule has 0 saturated heterocycles. The molecule has 0 aromatic carbocycles. The summed E-state index contributed by atoms with van der Waals surface area (Å²) in [4.78, 5) is 2.80. The minimum absolute atomic E-state index is 0.153. The first kappa shape index (κ1) is 4.99. The molecule has 9 heavy (non-hydrogen) atoms. The summed E-state index contributed by atoms with van der Waals surface area (Å²) < 4.78 is 13.5. The Kier molecular flexibility index (Phi) is 0.873. The largest absolute Gasteiger partial charge is 0.358 e. The molecule has 0 atom stereocenters. The lowest BCUT2D eigenvalue weighted by Gasteiger charge is -1.73. The van der Waals surface area contributed by atoms with Gasteiger partial charge in [0.2, 0.25) is 0 Å². The molecule has 3 heteroatoms. The first-order valence-corrected chi connectivity index (χ1v) is 3.46. The molecule has 0 saturated carbocycles. The SMILES string of the molecule is Fc1csc2cc[nH]c12. The third kappa shape index (κ3) is 0.580. The van der Waals surface area contributed by atoms with Crippen LogP contribution in [0.5, 0.6) is 0 Å². The Hall–Kier alpha value is -0.830. The average Bonchev–Trinajstić information content (AvgIpc) is 2.35. The van der Waals surface area contributed by atoms with E-state index in [1.807, 2.05) is 6.07 Å². The first-order chi connectivity index (χ1) is 4.38. The fourth-order valence-corrected chi connectivity index (χ4v) is 1.58. The van der Waals surface area contributed by atoms with Crippen LogP contribution >= 0.6 is 11.3 Å². The maximum atomic E-state index is 12.6. The van der Waals surface area contributed by atoms with Gasteiger partial charge in [-0.15, -0.1) is 11.3 Å². The number of hydrogen-bond acceptors (Lipinski definition) is 1. The summed E-state index contributed by atoms with van der Waals surface area (Å²) in [5.74, 6) is -0.153. The summed E-state index contributed by atoms with van der Waals surface area (Å²) >= 11 is 1.41. The Balaban J connectivity index is 2.99. The number of fused-ring (bicyclic) bond motifs is 1. The van der Waals surface area contributed by atoms with E-state index in [9.17, 15) is 4.39 Å². The number of aromatic amines is 1. The van der Waals surface area contributed by atoms with Gasteiger partial charge in [0.05, 0.1) is 10.2 Å². The van der Waals surface area contributed by atoms with Crippen molar-refractivity contribution in [1.82, 2.24) is 4.98 Å². The Morgan fingerprint density at radius 1 is 1.56 bits per heavy atom. The standard InChI is InChI=1S/C6H4FNS/c7-4-3-9-5-1-2-8-6(4)5/h1-3,8H. The predicted molar refractivity (Wildman–Crippen MR) is 36.1 cm³/mol. The fourth-order valence-electron chi connectivity index (χ4n) is 0.814. The lowest BCUT2D eigenvalue weighted by Crippen LogP contribution is -1.63. The molecular formula is C6H4FNS. The quantitative estimate of drug-likeness (QED) is 0.579. The third-order valence-electron chi connectivity index (χ3n) is 1.24. The van der Waals surface area contributed by atoms with Crippen LogP contribution in [-0.2, 0) is 0 Å². The van der Waals surface area contributed by atoms with Gasteiger partial charge < -0.3 is 4.98 Å². The Bertz CT molecular complexity index is 322. The normalized spacial score (nSPS) is 10.8. The summed E-state index contributed by atoms with van der Waals surface area (Å²) in [7, 11) is 0. The maximum absolute atomic E-state index is 12.6. The lowest BCUT2D eigenvalue weighted by molar-refractivity contribution is 0.641. The van der Waals surface area contributed by atoms with Gasteiger partial charge in [-0.3, -0.25) is 0 Å². The highest BCUT2D eigenvalue weighted by atomic mass is 32.1. The van der Waals surface area contributed by atoms with Crippen molar-refractivity contribution in [3.8, 4) is 0 Å². The van der Waals surface area contributed by atoms with E-state index in [0.717, 1.165) is 4.70 Å². The van der Waals surface area contributed by atoms with Gasteiger partial charge in [0.15, 0.2) is 5.82 Å². The van der Waals surface area contributed by atoms with Gasteiger partial charge >= 0.3 is 0 Å². The van der Waals surface area contributed by atoms with Crippen molar-refractivity contribution in [3.63, 3.8) is 0 Å². The molecule has 2 rings (SSSR count). The van der Waals surface area contributed by atoms with Gasteiger partial charge in [-0.05, 0) is 6.07 Å². The number of hydrogen-bond donors (Lipinski definition) is 1. The van der Waals surface area contributed by atoms with E-state index in [-0.39, 0.29) is 5.82 Å². The van der Waals surface area contributed by atoms with Crippen molar-refractivity contribution in [2.45, 2.75) is 0 Å². The third-order valence-corrected chi connectivity index (χ3v) is 2.16. The molecule has 0 aliphatic heterocycles. The number of H-pyrrole nitrogens is 1. The Morgan fingerprint density at radius 3 is 3.22 bits per heavy atom. The number of halogens is 1. The molecule has 46 valence electrons. The molecular weight excluding hydrogens is 137 g/mol. The van der Waals surface area contributed by atoms with Crippen LogP contribution in [0, 0.1) is 5.82 Å².